The maximum atomic E-state index is 12.7. The molecule has 6 nitrogen and oxygen atoms in total. The third kappa shape index (κ3) is 7.40. The third-order valence-electron chi connectivity index (χ3n) is 3.46. The number of carbonyl (C=O) groups excluding carboxylic acids is 1. The van der Waals surface area contributed by atoms with Gasteiger partial charge in [-0.3, -0.25) is 5.32 Å². The van der Waals surface area contributed by atoms with E-state index in [0.29, 0.717) is 12.1 Å². The summed E-state index contributed by atoms with van der Waals surface area (Å²) >= 11 is 0. The predicted molar refractivity (Wildman–Crippen MR) is 104 cm³/mol. The molecular weight excluding hydrogens is 366 g/mol. The van der Waals surface area contributed by atoms with Gasteiger partial charge in [0.05, 0.1) is 6.26 Å². The van der Waals surface area contributed by atoms with Gasteiger partial charge in [0, 0.05) is 6.54 Å². The Morgan fingerprint density at radius 3 is 2.15 bits per heavy atom. The lowest BCUT2D eigenvalue weighted by Gasteiger charge is -2.25. The van der Waals surface area contributed by atoms with Gasteiger partial charge in [-0.1, -0.05) is 42.5 Å². The maximum absolute atomic E-state index is 12.7. The van der Waals surface area contributed by atoms with E-state index >= 15 is 0 Å². The van der Waals surface area contributed by atoms with Gasteiger partial charge in [-0.15, -0.1) is 0 Å². The summed E-state index contributed by atoms with van der Waals surface area (Å²) in [6.45, 7) is 5.90. The molecule has 7 heteroatoms. The Morgan fingerprint density at radius 2 is 1.63 bits per heavy atom. The van der Waals surface area contributed by atoms with Gasteiger partial charge in [0.1, 0.15) is 17.4 Å². The molecule has 0 aromatic heterocycles. The van der Waals surface area contributed by atoms with Crippen molar-refractivity contribution in [2.24, 2.45) is 0 Å². The molecular formula is C20H25NO5S. The van der Waals surface area contributed by atoms with Gasteiger partial charge in [0.25, 0.3) is 0 Å². The van der Waals surface area contributed by atoms with Crippen molar-refractivity contribution >= 4 is 16.1 Å². The van der Waals surface area contributed by atoms with Crippen LogP contribution < -0.4 is 9.50 Å². The Bertz CT molecular complexity index is 855. The van der Waals surface area contributed by atoms with Gasteiger partial charge in [-0.05, 0) is 44.0 Å². The quantitative estimate of drug-likeness (QED) is 0.577. The molecule has 1 unspecified atom stereocenters. The largest absolute Gasteiger partial charge is 0.459 e. The van der Waals surface area contributed by atoms with Gasteiger partial charge in [-0.25, -0.2) is 4.79 Å². The standard InChI is InChI=1S/C20H25NO5S/c1-20(2,3)25-19(22)18(21-14-15-8-6-5-7-9-15)16-10-12-17(13-11-16)26-27(4,23)24/h5-13,18,21H,14H2,1-4H3. The Labute approximate surface area is 160 Å². The summed E-state index contributed by atoms with van der Waals surface area (Å²) in [4.78, 5) is 12.7. The fraction of sp³-hybridized carbons (Fsp3) is 0.350. The van der Waals surface area contributed by atoms with Crippen molar-refractivity contribution in [2.45, 2.75) is 39.0 Å². The fourth-order valence-electron chi connectivity index (χ4n) is 2.40. The predicted octanol–water partition coefficient (Wildman–Crippen LogP) is 3.20. The molecule has 1 atom stereocenters. The molecule has 1 N–H and O–H groups in total. The van der Waals surface area contributed by atoms with Crippen LogP contribution in [0.2, 0.25) is 0 Å². The summed E-state index contributed by atoms with van der Waals surface area (Å²) in [6, 6.07) is 15.3. The summed E-state index contributed by atoms with van der Waals surface area (Å²) < 4.78 is 32.8. The average molecular weight is 391 g/mol. The van der Waals surface area contributed by atoms with E-state index in [1.54, 1.807) is 12.1 Å². The van der Waals surface area contributed by atoms with Crippen LogP contribution in [0.15, 0.2) is 54.6 Å². The zero-order chi connectivity index (χ0) is 20.1. The second-order valence-electron chi connectivity index (χ2n) is 7.19. The molecule has 2 rings (SSSR count). The molecule has 0 saturated heterocycles. The molecule has 0 amide bonds. The summed E-state index contributed by atoms with van der Waals surface area (Å²) in [6.07, 6.45) is 0.978. The van der Waals surface area contributed by atoms with E-state index in [0.717, 1.165) is 11.8 Å². The molecule has 0 heterocycles. The normalized spacial score (nSPS) is 13.0. The van der Waals surface area contributed by atoms with Crippen LogP contribution in [0.1, 0.15) is 37.9 Å². The van der Waals surface area contributed by atoms with E-state index in [2.05, 4.69) is 5.32 Å². The minimum absolute atomic E-state index is 0.187. The Hall–Kier alpha value is -2.38. The van der Waals surface area contributed by atoms with E-state index in [-0.39, 0.29) is 5.75 Å². The van der Waals surface area contributed by atoms with Crippen LogP contribution in [0.5, 0.6) is 5.75 Å². The fourth-order valence-corrected chi connectivity index (χ4v) is 2.87. The SMILES string of the molecule is CC(C)(C)OC(=O)C(NCc1ccccc1)c1ccc(OS(C)(=O)=O)cc1. The van der Waals surface area contributed by atoms with E-state index in [1.807, 2.05) is 51.1 Å². The van der Waals surface area contributed by atoms with Crippen LogP contribution in [0.25, 0.3) is 0 Å². The number of ether oxygens (including phenoxy) is 1. The molecule has 2 aromatic carbocycles. The number of rotatable bonds is 7. The Kier molecular flexibility index (Phi) is 6.62. The van der Waals surface area contributed by atoms with Crippen molar-refractivity contribution in [3.63, 3.8) is 0 Å². The number of hydrogen-bond donors (Lipinski definition) is 1. The molecule has 2 aromatic rings. The highest BCUT2D eigenvalue weighted by molar-refractivity contribution is 7.86. The van der Waals surface area contributed by atoms with Crippen LogP contribution in [-0.4, -0.2) is 26.2 Å². The van der Waals surface area contributed by atoms with Crippen molar-refractivity contribution in [3.05, 3.63) is 65.7 Å². The smallest absolute Gasteiger partial charge is 0.328 e. The zero-order valence-corrected chi connectivity index (χ0v) is 16.7. The van der Waals surface area contributed by atoms with Gasteiger partial charge in [0.2, 0.25) is 0 Å². The zero-order valence-electron chi connectivity index (χ0n) is 15.9. The molecule has 0 aliphatic rings. The molecule has 27 heavy (non-hydrogen) atoms. The summed E-state index contributed by atoms with van der Waals surface area (Å²) in [5.74, 6) is -0.220. The first-order chi connectivity index (χ1) is 12.5. The topological polar surface area (TPSA) is 81.7 Å². The van der Waals surface area contributed by atoms with E-state index in [1.165, 1.54) is 12.1 Å². The molecule has 146 valence electrons. The van der Waals surface area contributed by atoms with Crippen molar-refractivity contribution < 1.29 is 22.1 Å². The first-order valence-corrected chi connectivity index (χ1v) is 10.3. The third-order valence-corrected chi connectivity index (χ3v) is 3.95. The maximum Gasteiger partial charge on any atom is 0.328 e. The average Bonchev–Trinajstić information content (AvgIpc) is 2.54. The molecule has 0 radical (unpaired) electrons. The summed E-state index contributed by atoms with van der Waals surface area (Å²) in [5.41, 5.74) is 1.06. The molecule has 0 bridgehead atoms. The summed E-state index contributed by atoms with van der Waals surface area (Å²) in [7, 11) is -3.60. The van der Waals surface area contributed by atoms with Gasteiger partial charge in [0.15, 0.2) is 0 Å². The minimum Gasteiger partial charge on any atom is -0.459 e. The number of carbonyl (C=O) groups is 1. The van der Waals surface area contributed by atoms with Crippen LogP contribution in [0, 0.1) is 0 Å². The molecule has 0 spiro atoms. The second kappa shape index (κ2) is 8.54. The first kappa shape index (κ1) is 20.9. The molecule has 0 aliphatic heterocycles. The van der Waals surface area contributed by atoms with Crippen molar-refractivity contribution in [1.82, 2.24) is 5.32 Å². The van der Waals surface area contributed by atoms with Crippen molar-refractivity contribution in [1.29, 1.82) is 0 Å². The van der Waals surface area contributed by atoms with Crippen molar-refractivity contribution in [2.75, 3.05) is 6.26 Å². The lowest BCUT2D eigenvalue weighted by Crippen LogP contribution is -2.34. The highest BCUT2D eigenvalue weighted by Gasteiger charge is 2.26. The van der Waals surface area contributed by atoms with Crippen LogP contribution in [-0.2, 0) is 26.2 Å². The van der Waals surface area contributed by atoms with Crippen molar-refractivity contribution in [3.8, 4) is 5.75 Å². The Morgan fingerprint density at radius 1 is 1.04 bits per heavy atom. The van der Waals surface area contributed by atoms with Crippen LogP contribution in [0.4, 0.5) is 0 Å². The minimum atomic E-state index is -3.60. The number of nitrogens with one attached hydrogen (secondary N) is 1. The van der Waals surface area contributed by atoms with Gasteiger partial charge >= 0.3 is 16.1 Å². The van der Waals surface area contributed by atoms with E-state index in [9.17, 15) is 13.2 Å². The Balaban J connectivity index is 2.21. The highest BCUT2D eigenvalue weighted by atomic mass is 32.2. The van der Waals surface area contributed by atoms with Crippen LogP contribution >= 0.6 is 0 Å². The molecule has 0 saturated carbocycles. The van der Waals surface area contributed by atoms with Gasteiger partial charge in [-0.2, -0.15) is 8.42 Å². The lowest BCUT2D eigenvalue weighted by molar-refractivity contribution is -0.157. The monoisotopic (exact) mass is 391 g/mol. The highest BCUT2D eigenvalue weighted by Crippen LogP contribution is 2.22. The second-order valence-corrected chi connectivity index (χ2v) is 8.76. The molecule has 0 fully saturated rings. The van der Waals surface area contributed by atoms with E-state index in [4.69, 9.17) is 8.92 Å². The number of esters is 1. The number of hydrogen-bond acceptors (Lipinski definition) is 6. The molecule has 0 aliphatic carbocycles. The number of benzene rings is 2. The van der Waals surface area contributed by atoms with E-state index < -0.39 is 27.7 Å². The lowest BCUT2D eigenvalue weighted by atomic mass is 10.1. The summed E-state index contributed by atoms with van der Waals surface area (Å²) in [5, 5.41) is 3.21. The van der Waals surface area contributed by atoms with Crippen LogP contribution in [0.3, 0.4) is 0 Å². The first-order valence-electron chi connectivity index (χ1n) is 8.53. The van der Waals surface area contributed by atoms with Gasteiger partial charge < -0.3 is 8.92 Å².